The minimum absolute atomic E-state index is 0.105. The normalized spacial score (nSPS) is 11.3. The fraction of sp³-hybridized carbons (Fsp3) is 0.357. The molecule has 0 aliphatic carbocycles. The molecule has 8 heteroatoms. The van der Waals surface area contributed by atoms with Gasteiger partial charge in [0.2, 0.25) is 0 Å². The highest BCUT2D eigenvalue weighted by Crippen LogP contribution is 2.28. The second-order valence-electron chi connectivity index (χ2n) is 5.53. The maximum absolute atomic E-state index is 11.8. The van der Waals surface area contributed by atoms with E-state index in [1.54, 1.807) is 39.1 Å². The van der Waals surface area contributed by atoms with Crippen LogP contribution in [-0.4, -0.2) is 39.5 Å². The van der Waals surface area contributed by atoms with E-state index in [9.17, 15) is 14.7 Å². The SMILES string of the molecule is COc1cccn2nc(NC(=O)OC(C)(C)C)c(C(=O)O)c12. The fourth-order valence-electron chi connectivity index (χ4n) is 1.92. The summed E-state index contributed by atoms with van der Waals surface area (Å²) in [5.74, 6) is -0.999. The molecule has 8 nitrogen and oxygen atoms in total. The van der Waals surface area contributed by atoms with Gasteiger partial charge in [0.25, 0.3) is 0 Å². The molecule has 0 bridgehead atoms. The van der Waals surface area contributed by atoms with Crippen molar-refractivity contribution >= 4 is 23.4 Å². The first-order valence-corrected chi connectivity index (χ1v) is 6.51. The summed E-state index contributed by atoms with van der Waals surface area (Å²) in [6.07, 6.45) is 0.780. The van der Waals surface area contributed by atoms with E-state index < -0.39 is 17.7 Å². The molecule has 0 unspecified atom stereocenters. The number of hydrogen-bond acceptors (Lipinski definition) is 5. The van der Waals surface area contributed by atoms with E-state index >= 15 is 0 Å². The van der Waals surface area contributed by atoms with Crippen molar-refractivity contribution in [2.45, 2.75) is 26.4 Å². The Morgan fingerprint density at radius 3 is 2.59 bits per heavy atom. The minimum Gasteiger partial charge on any atom is -0.494 e. The quantitative estimate of drug-likeness (QED) is 0.902. The van der Waals surface area contributed by atoms with Crippen LogP contribution in [0.4, 0.5) is 10.6 Å². The molecule has 0 spiro atoms. The third-order valence-corrected chi connectivity index (χ3v) is 2.67. The number of amides is 1. The van der Waals surface area contributed by atoms with Crippen LogP contribution in [0.3, 0.4) is 0 Å². The number of aromatic carboxylic acids is 1. The molecule has 2 N–H and O–H groups in total. The maximum atomic E-state index is 11.8. The van der Waals surface area contributed by atoms with Gasteiger partial charge in [-0.25, -0.2) is 14.1 Å². The summed E-state index contributed by atoms with van der Waals surface area (Å²) in [6.45, 7) is 5.12. The van der Waals surface area contributed by atoms with Crippen molar-refractivity contribution in [1.82, 2.24) is 9.61 Å². The number of nitrogens with one attached hydrogen (secondary N) is 1. The maximum Gasteiger partial charge on any atom is 0.413 e. The van der Waals surface area contributed by atoms with Gasteiger partial charge in [-0.15, -0.1) is 5.10 Å². The number of hydrogen-bond donors (Lipinski definition) is 2. The molecule has 0 saturated carbocycles. The topological polar surface area (TPSA) is 102 Å². The highest BCUT2D eigenvalue weighted by Gasteiger charge is 2.25. The lowest BCUT2D eigenvalue weighted by molar-refractivity contribution is 0.0635. The number of carboxylic acid groups (broad SMARTS) is 1. The van der Waals surface area contributed by atoms with Crippen molar-refractivity contribution in [1.29, 1.82) is 0 Å². The van der Waals surface area contributed by atoms with Crippen LogP contribution in [0.5, 0.6) is 5.75 Å². The van der Waals surface area contributed by atoms with Gasteiger partial charge in [0, 0.05) is 6.20 Å². The molecule has 2 rings (SSSR count). The average molecular weight is 307 g/mol. The molecule has 2 heterocycles. The van der Waals surface area contributed by atoms with Gasteiger partial charge in [-0.1, -0.05) is 0 Å². The molecule has 0 radical (unpaired) electrons. The second kappa shape index (κ2) is 5.55. The molecule has 0 saturated heterocycles. The fourth-order valence-corrected chi connectivity index (χ4v) is 1.92. The number of carbonyl (C=O) groups excluding carboxylic acids is 1. The lowest BCUT2D eigenvalue weighted by Gasteiger charge is -2.19. The Hall–Kier alpha value is -2.77. The zero-order valence-corrected chi connectivity index (χ0v) is 12.7. The number of carboxylic acids is 1. The van der Waals surface area contributed by atoms with Gasteiger partial charge in [-0.2, -0.15) is 0 Å². The summed E-state index contributed by atoms with van der Waals surface area (Å²) in [5, 5.41) is 15.8. The molecule has 1 amide bonds. The Morgan fingerprint density at radius 1 is 1.36 bits per heavy atom. The number of pyridine rings is 1. The van der Waals surface area contributed by atoms with Gasteiger partial charge in [-0.3, -0.25) is 5.32 Å². The first kappa shape index (κ1) is 15.6. The largest absolute Gasteiger partial charge is 0.494 e. The molecular formula is C14H17N3O5. The molecule has 0 fully saturated rings. The third kappa shape index (κ3) is 3.11. The molecule has 2 aromatic heterocycles. The number of ether oxygens (including phenoxy) is 2. The number of rotatable bonds is 3. The van der Waals surface area contributed by atoms with Crippen molar-refractivity contribution in [3.05, 3.63) is 23.9 Å². The van der Waals surface area contributed by atoms with Crippen molar-refractivity contribution in [3.63, 3.8) is 0 Å². The number of methoxy groups -OCH3 is 1. The summed E-state index contributed by atoms with van der Waals surface area (Å²) in [7, 11) is 1.43. The van der Waals surface area contributed by atoms with E-state index in [1.165, 1.54) is 11.6 Å². The first-order chi connectivity index (χ1) is 10.2. The number of fused-ring (bicyclic) bond motifs is 1. The van der Waals surface area contributed by atoms with E-state index in [0.29, 0.717) is 5.75 Å². The van der Waals surface area contributed by atoms with Crippen LogP contribution in [0, 0.1) is 0 Å². The average Bonchev–Trinajstić information content (AvgIpc) is 2.73. The second-order valence-corrected chi connectivity index (χ2v) is 5.53. The summed E-state index contributed by atoms with van der Waals surface area (Å²) in [6, 6.07) is 3.27. The van der Waals surface area contributed by atoms with Crippen LogP contribution in [0.15, 0.2) is 18.3 Å². The molecule has 0 atom stereocenters. The van der Waals surface area contributed by atoms with Crippen LogP contribution < -0.4 is 10.1 Å². The van der Waals surface area contributed by atoms with E-state index in [-0.39, 0.29) is 16.9 Å². The van der Waals surface area contributed by atoms with E-state index in [1.807, 2.05) is 0 Å². The lowest BCUT2D eigenvalue weighted by atomic mass is 10.2. The van der Waals surface area contributed by atoms with E-state index in [2.05, 4.69) is 10.4 Å². The van der Waals surface area contributed by atoms with Gasteiger partial charge in [0.05, 0.1) is 7.11 Å². The summed E-state index contributed by atoms with van der Waals surface area (Å²) >= 11 is 0. The zero-order chi connectivity index (χ0) is 16.5. The summed E-state index contributed by atoms with van der Waals surface area (Å²) in [5.41, 5.74) is -0.614. The van der Waals surface area contributed by atoms with Crippen molar-refractivity contribution in [3.8, 4) is 5.75 Å². The van der Waals surface area contributed by atoms with Gasteiger partial charge < -0.3 is 14.6 Å². The van der Waals surface area contributed by atoms with Crippen LogP contribution in [0.1, 0.15) is 31.1 Å². The third-order valence-electron chi connectivity index (χ3n) is 2.67. The van der Waals surface area contributed by atoms with Crippen LogP contribution in [0.2, 0.25) is 0 Å². The Kier molecular flexibility index (Phi) is 3.94. The predicted molar refractivity (Wildman–Crippen MR) is 78.6 cm³/mol. The highest BCUT2D eigenvalue weighted by atomic mass is 16.6. The van der Waals surface area contributed by atoms with Gasteiger partial charge in [-0.05, 0) is 32.9 Å². The Balaban J connectivity index is 2.48. The Labute approximate surface area is 126 Å². The number of aromatic nitrogens is 2. The van der Waals surface area contributed by atoms with Crippen molar-refractivity contribution in [2.75, 3.05) is 12.4 Å². The van der Waals surface area contributed by atoms with Gasteiger partial charge in [0.15, 0.2) is 5.82 Å². The molecule has 0 aromatic carbocycles. The molecule has 2 aromatic rings. The van der Waals surface area contributed by atoms with Gasteiger partial charge >= 0.3 is 12.1 Å². The Morgan fingerprint density at radius 2 is 2.05 bits per heavy atom. The predicted octanol–water partition coefficient (Wildman–Crippen LogP) is 2.39. The molecular weight excluding hydrogens is 290 g/mol. The summed E-state index contributed by atoms with van der Waals surface area (Å²) in [4.78, 5) is 23.4. The zero-order valence-electron chi connectivity index (χ0n) is 12.7. The Bertz CT molecular complexity index is 730. The van der Waals surface area contributed by atoms with Gasteiger partial charge in [0.1, 0.15) is 22.4 Å². The standard InChI is InChI=1S/C14H17N3O5/c1-14(2,3)22-13(20)15-11-9(12(18)19)10-8(21-4)6-5-7-17(10)16-11/h5-7H,1-4H3,(H,18,19)(H,15,16,20). The van der Waals surface area contributed by atoms with Crippen molar-refractivity contribution < 1.29 is 24.2 Å². The highest BCUT2D eigenvalue weighted by molar-refractivity contribution is 6.05. The summed E-state index contributed by atoms with van der Waals surface area (Å²) < 4.78 is 11.6. The molecule has 0 aliphatic rings. The smallest absolute Gasteiger partial charge is 0.413 e. The molecule has 0 aliphatic heterocycles. The molecule has 118 valence electrons. The van der Waals surface area contributed by atoms with Crippen molar-refractivity contribution in [2.24, 2.45) is 0 Å². The minimum atomic E-state index is -1.23. The van der Waals surface area contributed by atoms with E-state index in [4.69, 9.17) is 9.47 Å². The van der Waals surface area contributed by atoms with Crippen LogP contribution >= 0.6 is 0 Å². The lowest BCUT2D eigenvalue weighted by Crippen LogP contribution is -2.27. The van der Waals surface area contributed by atoms with Crippen LogP contribution in [-0.2, 0) is 4.74 Å². The molecule has 22 heavy (non-hydrogen) atoms. The number of anilines is 1. The number of carbonyl (C=O) groups is 2. The van der Waals surface area contributed by atoms with E-state index in [0.717, 1.165) is 0 Å². The monoisotopic (exact) mass is 307 g/mol. The number of nitrogens with zero attached hydrogens (tertiary/aromatic N) is 2. The van der Waals surface area contributed by atoms with Crippen LogP contribution in [0.25, 0.3) is 5.52 Å². The first-order valence-electron chi connectivity index (χ1n) is 6.51.